The number of benzene rings is 2. The van der Waals surface area contributed by atoms with Crippen molar-refractivity contribution >= 4 is 38.7 Å². The Balaban J connectivity index is 1.34. The van der Waals surface area contributed by atoms with E-state index in [4.69, 9.17) is 0 Å². The van der Waals surface area contributed by atoms with Crippen molar-refractivity contribution in [3.8, 4) is 0 Å². The Bertz CT molecular complexity index is 1450. The number of nitro groups is 1. The summed E-state index contributed by atoms with van der Waals surface area (Å²) in [5.41, 5.74) is -0.116. The Kier molecular flexibility index (Phi) is 7.76. The number of nitrogens with zero attached hydrogens (tertiary/aromatic N) is 2. The Labute approximate surface area is 214 Å². The summed E-state index contributed by atoms with van der Waals surface area (Å²) in [6, 6.07) is 10.9. The van der Waals surface area contributed by atoms with Crippen LogP contribution in [0.15, 0.2) is 58.8 Å². The van der Waals surface area contributed by atoms with Crippen molar-refractivity contribution < 1.29 is 31.7 Å². The third kappa shape index (κ3) is 5.89. The second-order valence-corrected chi connectivity index (χ2v) is 11.7. The molecule has 37 heavy (non-hydrogen) atoms. The molecule has 1 aliphatic heterocycles. The van der Waals surface area contributed by atoms with Gasteiger partial charge in [0.25, 0.3) is 21.6 Å². The second kappa shape index (κ2) is 10.8. The fraction of sp³-hybridized carbons (Fsp3) is 0.250. The normalized spacial score (nSPS) is 14.9. The first kappa shape index (κ1) is 26.5. The summed E-state index contributed by atoms with van der Waals surface area (Å²) in [6.45, 7) is 0.215. The van der Waals surface area contributed by atoms with Gasteiger partial charge in [-0.1, -0.05) is 0 Å². The zero-order valence-corrected chi connectivity index (χ0v) is 20.9. The molecule has 1 N–H and O–H groups in total. The highest BCUT2D eigenvalue weighted by atomic mass is 32.2. The lowest BCUT2D eigenvalue weighted by Gasteiger charge is -2.30. The van der Waals surface area contributed by atoms with Crippen molar-refractivity contribution in [2.24, 2.45) is 5.92 Å². The second-order valence-electron chi connectivity index (χ2n) is 8.37. The molecule has 1 fully saturated rings. The molecule has 0 aliphatic carbocycles. The number of thiophene rings is 1. The van der Waals surface area contributed by atoms with Crippen molar-refractivity contribution in [2.75, 3.05) is 13.1 Å². The number of carbonyl (C=O) groups is 2. The van der Waals surface area contributed by atoms with Gasteiger partial charge in [0.15, 0.2) is 5.78 Å². The fourth-order valence-electron chi connectivity index (χ4n) is 3.99. The van der Waals surface area contributed by atoms with Gasteiger partial charge in [-0.15, -0.1) is 11.3 Å². The Hall–Kier alpha value is -3.55. The van der Waals surface area contributed by atoms with E-state index in [1.165, 1.54) is 34.6 Å². The third-order valence-electron chi connectivity index (χ3n) is 6.02. The lowest BCUT2D eigenvalue weighted by molar-refractivity contribution is -0.384. The predicted octanol–water partition coefficient (Wildman–Crippen LogP) is 4.15. The summed E-state index contributed by atoms with van der Waals surface area (Å²) in [5, 5.41) is 13.4. The Morgan fingerprint density at radius 2 is 1.73 bits per heavy atom. The largest absolute Gasteiger partial charge is 0.347 e. The van der Waals surface area contributed by atoms with Gasteiger partial charge in [-0.2, -0.15) is 4.31 Å². The number of sulfonamides is 1. The van der Waals surface area contributed by atoms with E-state index in [0.717, 1.165) is 23.5 Å². The number of piperidine rings is 1. The summed E-state index contributed by atoms with van der Waals surface area (Å²) in [5.74, 6) is -3.23. The molecule has 0 atom stereocenters. The van der Waals surface area contributed by atoms with E-state index in [-0.39, 0.29) is 53.5 Å². The molecule has 9 nitrogen and oxygen atoms in total. The van der Waals surface area contributed by atoms with Crippen LogP contribution in [0.5, 0.6) is 0 Å². The number of nitro benzene ring substituents is 1. The van der Waals surface area contributed by atoms with Gasteiger partial charge in [-0.3, -0.25) is 19.7 Å². The zero-order chi connectivity index (χ0) is 26.7. The minimum absolute atomic E-state index is 0.0653. The molecule has 2 heterocycles. The van der Waals surface area contributed by atoms with Gasteiger partial charge in [-0.25, -0.2) is 17.2 Å². The van der Waals surface area contributed by atoms with E-state index in [1.54, 1.807) is 6.07 Å². The van der Waals surface area contributed by atoms with E-state index >= 15 is 0 Å². The number of halogens is 2. The highest BCUT2D eigenvalue weighted by Gasteiger charge is 2.34. The van der Waals surface area contributed by atoms with Gasteiger partial charge in [-0.05, 0) is 49.2 Å². The summed E-state index contributed by atoms with van der Waals surface area (Å²) >= 11 is 0.999. The number of carbonyl (C=O) groups excluding carboxylic acids is 2. The van der Waals surface area contributed by atoms with Crippen LogP contribution < -0.4 is 5.32 Å². The summed E-state index contributed by atoms with van der Waals surface area (Å²) < 4.78 is 54.7. The molecule has 0 radical (unpaired) electrons. The van der Waals surface area contributed by atoms with Crippen LogP contribution in [0.1, 0.15) is 38.4 Å². The standard InChI is InChI=1S/C24H21F2N3O6S2/c25-17-3-7-20(21(26)13-17)23(30)15-9-11-28(12-10-15)37(34,35)22-8-6-19(36-22)14-27-24(31)16-1-4-18(5-2-16)29(32)33/h1-8,13,15H,9-12,14H2,(H,27,31). The van der Waals surface area contributed by atoms with Crippen LogP contribution in [-0.4, -0.2) is 42.4 Å². The number of rotatable bonds is 8. The highest BCUT2D eigenvalue weighted by Crippen LogP contribution is 2.30. The first-order valence-corrected chi connectivity index (χ1v) is 13.4. The first-order chi connectivity index (χ1) is 17.6. The smallest absolute Gasteiger partial charge is 0.269 e. The third-order valence-corrected chi connectivity index (χ3v) is 9.47. The number of Topliss-reactive ketones (excluding diaryl/α,β-unsaturated/α-hetero) is 1. The molecule has 0 unspecified atom stereocenters. The molecule has 0 saturated carbocycles. The summed E-state index contributed by atoms with van der Waals surface area (Å²) in [6.07, 6.45) is 0.414. The number of hydrogen-bond donors (Lipinski definition) is 1. The van der Waals surface area contributed by atoms with Crippen molar-refractivity contribution in [2.45, 2.75) is 23.6 Å². The van der Waals surface area contributed by atoms with Crippen LogP contribution in [0, 0.1) is 27.7 Å². The van der Waals surface area contributed by atoms with Crippen LogP contribution in [0.3, 0.4) is 0 Å². The van der Waals surface area contributed by atoms with E-state index < -0.39 is 44.2 Å². The van der Waals surface area contributed by atoms with Crippen molar-refractivity contribution in [1.29, 1.82) is 0 Å². The maximum Gasteiger partial charge on any atom is 0.269 e. The SMILES string of the molecule is O=C(NCc1ccc(S(=O)(=O)N2CCC(C(=O)c3ccc(F)cc3F)CC2)s1)c1ccc([N+](=O)[O-])cc1. The molecule has 1 aromatic heterocycles. The molecule has 1 aliphatic rings. The first-order valence-electron chi connectivity index (χ1n) is 11.2. The average molecular weight is 550 g/mol. The number of hydrogen-bond acceptors (Lipinski definition) is 7. The Morgan fingerprint density at radius 3 is 2.35 bits per heavy atom. The molecule has 0 bridgehead atoms. The van der Waals surface area contributed by atoms with Gasteiger partial charge >= 0.3 is 0 Å². The lowest BCUT2D eigenvalue weighted by Crippen LogP contribution is -2.40. The summed E-state index contributed by atoms with van der Waals surface area (Å²) in [4.78, 5) is 35.7. The molecule has 194 valence electrons. The van der Waals surface area contributed by atoms with Crippen molar-refractivity contribution in [1.82, 2.24) is 9.62 Å². The molecule has 3 aromatic rings. The molecule has 1 saturated heterocycles. The van der Waals surface area contributed by atoms with Gasteiger partial charge in [0.1, 0.15) is 15.8 Å². The molecule has 4 rings (SSSR count). The number of ketones is 1. The van der Waals surface area contributed by atoms with Gasteiger partial charge in [0.05, 0.1) is 17.0 Å². The van der Waals surface area contributed by atoms with E-state index in [9.17, 15) is 36.9 Å². The monoisotopic (exact) mass is 549 g/mol. The predicted molar refractivity (Wildman–Crippen MR) is 131 cm³/mol. The maximum atomic E-state index is 14.0. The van der Waals surface area contributed by atoms with E-state index in [0.29, 0.717) is 10.9 Å². The fourth-order valence-corrected chi connectivity index (χ4v) is 6.91. The van der Waals surface area contributed by atoms with Gasteiger partial charge in [0, 0.05) is 47.6 Å². The highest BCUT2D eigenvalue weighted by molar-refractivity contribution is 7.91. The average Bonchev–Trinajstić information content (AvgIpc) is 3.37. The van der Waals surface area contributed by atoms with Crippen molar-refractivity contribution in [3.63, 3.8) is 0 Å². The van der Waals surface area contributed by atoms with Gasteiger partial charge < -0.3 is 5.32 Å². The molecular weight excluding hydrogens is 528 g/mol. The molecule has 1 amide bonds. The topological polar surface area (TPSA) is 127 Å². The minimum Gasteiger partial charge on any atom is -0.347 e. The zero-order valence-electron chi connectivity index (χ0n) is 19.2. The maximum absolute atomic E-state index is 14.0. The van der Waals surface area contributed by atoms with E-state index in [1.807, 2.05) is 0 Å². The van der Waals surface area contributed by atoms with E-state index in [2.05, 4.69) is 5.32 Å². The Morgan fingerprint density at radius 1 is 1.05 bits per heavy atom. The van der Waals surface area contributed by atoms with Crippen LogP contribution in [-0.2, 0) is 16.6 Å². The number of non-ortho nitro benzene ring substituents is 1. The molecule has 0 spiro atoms. The van der Waals surface area contributed by atoms with Crippen LogP contribution in [0.2, 0.25) is 0 Å². The lowest BCUT2D eigenvalue weighted by atomic mass is 9.89. The molecule has 2 aromatic carbocycles. The van der Waals surface area contributed by atoms with Crippen LogP contribution in [0.25, 0.3) is 0 Å². The van der Waals surface area contributed by atoms with Gasteiger partial charge in [0.2, 0.25) is 0 Å². The van der Waals surface area contributed by atoms with Crippen LogP contribution >= 0.6 is 11.3 Å². The van der Waals surface area contributed by atoms with Crippen LogP contribution in [0.4, 0.5) is 14.5 Å². The summed E-state index contributed by atoms with van der Waals surface area (Å²) in [7, 11) is -3.83. The molecular formula is C24H21F2N3O6S2. The quantitative estimate of drug-likeness (QED) is 0.256. The molecule has 13 heteroatoms. The van der Waals surface area contributed by atoms with Crippen molar-refractivity contribution in [3.05, 3.63) is 92.4 Å². The minimum atomic E-state index is -3.83. The number of amides is 1. The number of nitrogens with one attached hydrogen (secondary N) is 1.